The van der Waals surface area contributed by atoms with E-state index >= 15 is 0 Å². The predicted molar refractivity (Wildman–Crippen MR) is 52.9 cm³/mol. The molecule has 76 valence electrons. The third-order valence-corrected chi connectivity index (χ3v) is 2.00. The Balaban J connectivity index is 2.62. The van der Waals surface area contributed by atoms with Crippen LogP contribution in [0.15, 0.2) is 30.3 Å². The van der Waals surface area contributed by atoms with Crippen molar-refractivity contribution in [1.82, 2.24) is 10.8 Å². The van der Waals surface area contributed by atoms with Crippen molar-refractivity contribution in [2.75, 3.05) is 7.05 Å². The molecular formula is C10H14N2O2. The van der Waals surface area contributed by atoms with E-state index in [0.717, 1.165) is 5.56 Å². The van der Waals surface area contributed by atoms with Gasteiger partial charge in [-0.2, -0.15) is 5.48 Å². The summed E-state index contributed by atoms with van der Waals surface area (Å²) in [5.41, 5.74) is 2.99. The summed E-state index contributed by atoms with van der Waals surface area (Å²) in [6, 6.07) is 8.93. The number of hydroxylamine groups is 1. The van der Waals surface area contributed by atoms with Gasteiger partial charge in [0.05, 0.1) is 0 Å². The van der Waals surface area contributed by atoms with Gasteiger partial charge in [0.25, 0.3) is 0 Å². The molecule has 0 aliphatic carbocycles. The van der Waals surface area contributed by atoms with Crippen molar-refractivity contribution in [2.45, 2.75) is 12.5 Å². The van der Waals surface area contributed by atoms with Crippen molar-refractivity contribution in [1.29, 1.82) is 0 Å². The summed E-state index contributed by atoms with van der Waals surface area (Å²) in [6.07, 6.45) is 0.469. The van der Waals surface area contributed by atoms with Crippen molar-refractivity contribution in [3.05, 3.63) is 35.9 Å². The molecule has 3 N–H and O–H groups in total. The van der Waals surface area contributed by atoms with Crippen molar-refractivity contribution in [2.24, 2.45) is 0 Å². The Hall–Kier alpha value is -1.39. The Morgan fingerprint density at radius 3 is 2.57 bits per heavy atom. The fourth-order valence-corrected chi connectivity index (χ4v) is 1.22. The molecule has 1 aromatic carbocycles. The van der Waals surface area contributed by atoms with Gasteiger partial charge in [-0.25, -0.2) is 0 Å². The van der Waals surface area contributed by atoms with E-state index in [0.29, 0.717) is 6.42 Å². The van der Waals surface area contributed by atoms with Crippen LogP contribution in [0.25, 0.3) is 0 Å². The Labute approximate surface area is 82.9 Å². The summed E-state index contributed by atoms with van der Waals surface area (Å²) in [6.45, 7) is 0. The number of nitrogens with one attached hydrogen (secondary N) is 2. The zero-order valence-electron chi connectivity index (χ0n) is 8.03. The maximum absolute atomic E-state index is 11.2. The maximum atomic E-state index is 11.2. The van der Waals surface area contributed by atoms with Gasteiger partial charge in [0.15, 0.2) is 0 Å². The molecule has 1 aromatic rings. The second kappa shape index (κ2) is 5.36. The zero-order valence-corrected chi connectivity index (χ0v) is 8.03. The zero-order chi connectivity index (χ0) is 10.4. The molecule has 14 heavy (non-hydrogen) atoms. The molecular weight excluding hydrogens is 180 g/mol. The molecule has 4 nitrogen and oxygen atoms in total. The first-order chi connectivity index (χ1) is 6.77. The minimum absolute atomic E-state index is 0.226. The minimum atomic E-state index is -0.595. The van der Waals surface area contributed by atoms with E-state index in [4.69, 9.17) is 5.21 Å². The van der Waals surface area contributed by atoms with Crippen LogP contribution in [0, 0.1) is 0 Å². The molecule has 0 aromatic heterocycles. The monoisotopic (exact) mass is 194 g/mol. The fourth-order valence-electron chi connectivity index (χ4n) is 1.22. The average molecular weight is 194 g/mol. The van der Waals surface area contributed by atoms with Crippen LogP contribution in [0.4, 0.5) is 0 Å². The lowest BCUT2D eigenvalue weighted by atomic mass is 10.1. The molecule has 0 saturated heterocycles. The molecule has 4 heteroatoms. The van der Waals surface area contributed by atoms with Crippen LogP contribution in [0.5, 0.6) is 0 Å². The topological polar surface area (TPSA) is 61.4 Å². The first kappa shape index (κ1) is 10.7. The van der Waals surface area contributed by atoms with Gasteiger partial charge in [0.1, 0.15) is 6.04 Å². The number of amides is 1. The van der Waals surface area contributed by atoms with E-state index in [1.54, 1.807) is 0 Å². The van der Waals surface area contributed by atoms with Crippen molar-refractivity contribution < 1.29 is 10.0 Å². The van der Waals surface area contributed by atoms with E-state index < -0.39 is 6.04 Å². The molecule has 1 atom stereocenters. The van der Waals surface area contributed by atoms with Crippen molar-refractivity contribution >= 4 is 5.91 Å². The Morgan fingerprint density at radius 2 is 2.07 bits per heavy atom. The van der Waals surface area contributed by atoms with Crippen molar-refractivity contribution in [3.63, 3.8) is 0 Å². The van der Waals surface area contributed by atoms with Crippen LogP contribution in [-0.2, 0) is 11.2 Å². The predicted octanol–water partition coefficient (Wildman–Crippen LogP) is 0.322. The second-order valence-electron chi connectivity index (χ2n) is 2.99. The summed E-state index contributed by atoms with van der Waals surface area (Å²) >= 11 is 0. The van der Waals surface area contributed by atoms with E-state index in [2.05, 4.69) is 5.32 Å². The SMILES string of the molecule is CNC(=O)C(Cc1ccccc1)NO. The lowest BCUT2D eigenvalue weighted by molar-refractivity contribution is -0.125. The number of likely N-dealkylation sites (N-methyl/N-ethyl adjacent to an activating group) is 1. The Bertz CT molecular complexity index is 287. The lowest BCUT2D eigenvalue weighted by Crippen LogP contribution is -2.42. The largest absolute Gasteiger partial charge is 0.358 e. The smallest absolute Gasteiger partial charge is 0.239 e. The molecule has 0 saturated carbocycles. The number of carbonyl (C=O) groups is 1. The summed E-state index contributed by atoms with van der Waals surface area (Å²) < 4.78 is 0. The quantitative estimate of drug-likeness (QED) is 0.605. The van der Waals surface area contributed by atoms with Crippen LogP contribution in [0.1, 0.15) is 5.56 Å². The molecule has 0 radical (unpaired) electrons. The number of rotatable bonds is 4. The first-order valence-electron chi connectivity index (χ1n) is 4.43. The van der Waals surface area contributed by atoms with Gasteiger partial charge >= 0.3 is 0 Å². The Kier molecular flexibility index (Phi) is 4.10. The summed E-state index contributed by atoms with van der Waals surface area (Å²) in [7, 11) is 1.54. The highest BCUT2D eigenvalue weighted by Crippen LogP contribution is 2.02. The highest BCUT2D eigenvalue weighted by molar-refractivity contribution is 5.81. The summed E-state index contributed by atoms with van der Waals surface area (Å²) in [5, 5.41) is 11.3. The van der Waals surface area contributed by atoms with Crippen molar-refractivity contribution in [3.8, 4) is 0 Å². The molecule has 1 rings (SSSR count). The summed E-state index contributed by atoms with van der Waals surface area (Å²) in [4.78, 5) is 11.2. The number of hydrogen-bond acceptors (Lipinski definition) is 3. The maximum Gasteiger partial charge on any atom is 0.239 e. The normalized spacial score (nSPS) is 12.1. The third-order valence-electron chi connectivity index (χ3n) is 2.00. The molecule has 1 amide bonds. The van der Waals surface area contributed by atoms with Gasteiger partial charge in [0, 0.05) is 7.05 Å². The van der Waals surface area contributed by atoms with Gasteiger partial charge < -0.3 is 10.5 Å². The van der Waals surface area contributed by atoms with Crippen LogP contribution in [-0.4, -0.2) is 24.2 Å². The molecule has 0 aliphatic rings. The van der Waals surface area contributed by atoms with Crippen LogP contribution in [0.2, 0.25) is 0 Å². The summed E-state index contributed by atoms with van der Waals surface area (Å²) in [5.74, 6) is -0.226. The fraction of sp³-hybridized carbons (Fsp3) is 0.300. The third kappa shape index (κ3) is 2.83. The molecule has 0 spiro atoms. The van der Waals surface area contributed by atoms with Gasteiger partial charge in [-0.15, -0.1) is 0 Å². The van der Waals surface area contributed by atoms with Gasteiger partial charge in [-0.05, 0) is 12.0 Å². The van der Waals surface area contributed by atoms with E-state index in [9.17, 15) is 4.79 Å². The van der Waals surface area contributed by atoms with Crippen LogP contribution >= 0.6 is 0 Å². The lowest BCUT2D eigenvalue weighted by Gasteiger charge is -2.12. The van der Waals surface area contributed by atoms with Gasteiger partial charge in [-0.1, -0.05) is 30.3 Å². The van der Waals surface area contributed by atoms with Crippen LogP contribution < -0.4 is 10.8 Å². The average Bonchev–Trinajstić information content (AvgIpc) is 2.26. The molecule has 1 unspecified atom stereocenters. The minimum Gasteiger partial charge on any atom is -0.358 e. The van der Waals surface area contributed by atoms with E-state index in [1.165, 1.54) is 7.05 Å². The van der Waals surface area contributed by atoms with E-state index in [1.807, 2.05) is 35.8 Å². The molecule has 0 heterocycles. The van der Waals surface area contributed by atoms with Gasteiger partial charge in [0.2, 0.25) is 5.91 Å². The van der Waals surface area contributed by atoms with E-state index in [-0.39, 0.29) is 5.91 Å². The molecule has 0 aliphatic heterocycles. The highest BCUT2D eigenvalue weighted by atomic mass is 16.5. The number of hydrogen-bond donors (Lipinski definition) is 3. The number of benzene rings is 1. The van der Waals surface area contributed by atoms with Gasteiger partial charge in [-0.3, -0.25) is 4.79 Å². The second-order valence-corrected chi connectivity index (χ2v) is 2.99. The Morgan fingerprint density at radius 1 is 1.43 bits per heavy atom. The molecule has 0 fully saturated rings. The standard InChI is InChI=1S/C10H14N2O2/c1-11-10(13)9(12-14)7-8-5-3-2-4-6-8/h2-6,9,12,14H,7H2,1H3,(H,11,13). The molecule has 0 bridgehead atoms. The first-order valence-corrected chi connectivity index (χ1v) is 4.43. The highest BCUT2D eigenvalue weighted by Gasteiger charge is 2.15. The number of carbonyl (C=O) groups excluding carboxylic acids is 1. The van der Waals surface area contributed by atoms with Crippen LogP contribution in [0.3, 0.4) is 0 Å².